The maximum absolute atomic E-state index is 12.4. The molecule has 142 valence electrons. The number of nitrogens with zero attached hydrogens (tertiary/aromatic N) is 3. The fourth-order valence-corrected chi connectivity index (χ4v) is 3.56. The lowest BCUT2D eigenvalue weighted by Crippen LogP contribution is -2.28. The molecule has 0 saturated heterocycles. The van der Waals surface area contributed by atoms with Crippen molar-refractivity contribution >= 4 is 21.9 Å². The molecule has 3 heterocycles. The number of benzene rings is 2. The monoisotopic (exact) mass is 384 g/mol. The predicted octanol–water partition coefficient (Wildman–Crippen LogP) is 2.79. The molecule has 0 saturated carbocycles. The van der Waals surface area contributed by atoms with Crippen LogP contribution in [0, 0.1) is 0 Å². The molecular weight excluding hydrogens is 368 g/mol. The van der Waals surface area contributed by atoms with Crippen LogP contribution in [0.25, 0.3) is 33.3 Å². The van der Waals surface area contributed by atoms with Gasteiger partial charge in [0.1, 0.15) is 11.4 Å². The molecule has 2 aliphatic heterocycles. The van der Waals surface area contributed by atoms with Crippen LogP contribution < -0.4 is 16.0 Å². The smallest absolute Gasteiger partial charge is 0.349 e. The van der Waals surface area contributed by atoms with E-state index in [0.717, 1.165) is 21.9 Å². The van der Waals surface area contributed by atoms with E-state index in [1.165, 1.54) is 0 Å². The zero-order valence-corrected chi connectivity index (χ0v) is 15.5. The number of fused-ring (bicyclic) bond motifs is 3. The Morgan fingerprint density at radius 3 is 2.59 bits per heavy atom. The third-order valence-corrected chi connectivity index (χ3v) is 4.94. The number of pyridine rings is 2. The highest BCUT2D eigenvalue weighted by Gasteiger charge is 2.18. The van der Waals surface area contributed by atoms with E-state index in [9.17, 15) is 9.59 Å². The van der Waals surface area contributed by atoms with Crippen LogP contribution in [0.4, 0.5) is 0 Å². The molecule has 1 N–H and O–H groups in total. The minimum atomic E-state index is -0.675. The summed E-state index contributed by atoms with van der Waals surface area (Å²) in [5, 5.41) is 1.71. The van der Waals surface area contributed by atoms with Gasteiger partial charge in [0.25, 0.3) is 5.56 Å². The molecular formula is C22H16N4O3. The van der Waals surface area contributed by atoms with Crippen molar-refractivity contribution in [2.45, 2.75) is 6.54 Å². The number of aromatic nitrogens is 4. The summed E-state index contributed by atoms with van der Waals surface area (Å²) in [6.07, 6.45) is 0. The highest BCUT2D eigenvalue weighted by atomic mass is 16.5. The number of hydrogen-bond donors (Lipinski definition) is 1. The average Bonchev–Trinajstić information content (AvgIpc) is 2.73. The zero-order valence-electron chi connectivity index (χ0n) is 15.5. The normalized spacial score (nSPS) is 11.3. The fourth-order valence-electron chi connectivity index (χ4n) is 3.56. The van der Waals surface area contributed by atoms with Crippen LogP contribution >= 0.6 is 0 Å². The fraction of sp³-hybridized carbons (Fsp3) is 0.0909. The molecule has 0 unspecified atom stereocenters. The van der Waals surface area contributed by atoms with Crippen LogP contribution in [0.2, 0.25) is 0 Å². The number of rotatable bonds is 3. The Bertz CT molecular complexity index is 1450. The van der Waals surface area contributed by atoms with Crippen LogP contribution in [0.1, 0.15) is 5.56 Å². The molecule has 5 rings (SSSR count). The number of aromatic amines is 1. The van der Waals surface area contributed by atoms with E-state index in [1.807, 2.05) is 59.2 Å². The van der Waals surface area contributed by atoms with Gasteiger partial charge in [-0.15, -0.1) is 0 Å². The summed E-state index contributed by atoms with van der Waals surface area (Å²) < 4.78 is 7.13. The van der Waals surface area contributed by atoms with E-state index >= 15 is 0 Å². The molecule has 0 spiro atoms. The molecule has 7 nitrogen and oxygen atoms in total. The van der Waals surface area contributed by atoms with Gasteiger partial charge in [0.05, 0.1) is 24.7 Å². The Morgan fingerprint density at radius 1 is 0.966 bits per heavy atom. The minimum Gasteiger partial charge on any atom is -0.497 e. The molecule has 0 bridgehead atoms. The lowest BCUT2D eigenvalue weighted by atomic mass is 10.1. The molecule has 3 aromatic rings. The third-order valence-electron chi connectivity index (χ3n) is 4.94. The van der Waals surface area contributed by atoms with Crippen molar-refractivity contribution < 1.29 is 4.74 Å². The van der Waals surface area contributed by atoms with Crippen molar-refractivity contribution in [2.24, 2.45) is 0 Å². The lowest BCUT2D eigenvalue weighted by Gasteiger charge is -2.17. The first-order valence-corrected chi connectivity index (χ1v) is 9.09. The van der Waals surface area contributed by atoms with Crippen molar-refractivity contribution in [3.05, 3.63) is 87.1 Å². The second kappa shape index (κ2) is 6.56. The summed E-state index contributed by atoms with van der Waals surface area (Å²) in [5.41, 5.74) is 1.62. The molecule has 0 radical (unpaired) electrons. The van der Waals surface area contributed by atoms with Gasteiger partial charge >= 0.3 is 5.69 Å². The second-order valence-corrected chi connectivity index (χ2v) is 6.78. The van der Waals surface area contributed by atoms with Gasteiger partial charge in [0, 0.05) is 16.8 Å². The standard InChI is InChI=1S/C22H16N4O3/c1-29-16-8-7-14-9-15-10-17-20(24-22(28)25-21(17)27)26(19(15)23-18(14)11-16)12-13-5-3-2-4-6-13/h2-11H,12H2,1H3,(H,25,27,28). The first-order chi connectivity index (χ1) is 14.1. The van der Waals surface area contributed by atoms with E-state index in [0.29, 0.717) is 29.3 Å². The summed E-state index contributed by atoms with van der Waals surface area (Å²) in [7, 11) is 1.61. The first-order valence-electron chi connectivity index (χ1n) is 9.09. The number of H-pyrrole nitrogens is 1. The number of methoxy groups -OCH3 is 1. The van der Waals surface area contributed by atoms with E-state index in [-0.39, 0.29) is 0 Å². The summed E-state index contributed by atoms with van der Waals surface area (Å²) in [6, 6.07) is 19.1. The van der Waals surface area contributed by atoms with Crippen LogP contribution in [-0.2, 0) is 6.54 Å². The van der Waals surface area contributed by atoms with Crippen LogP contribution in [0.15, 0.2) is 70.3 Å². The van der Waals surface area contributed by atoms with Crippen LogP contribution in [-0.4, -0.2) is 26.6 Å². The van der Waals surface area contributed by atoms with Gasteiger partial charge in [0.2, 0.25) is 0 Å². The van der Waals surface area contributed by atoms with Gasteiger partial charge < -0.3 is 9.30 Å². The third kappa shape index (κ3) is 2.93. The average molecular weight is 384 g/mol. The number of hydrogen-bond acceptors (Lipinski definition) is 5. The van der Waals surface area contributed by atoms with Crippen molar-refractivity contribution in [1.29, 1.82) is 0 Å². The van der Waals surface area contributed by atoms with Crippen LogP contribution in [0.3, 0.4) is 0 Å². The Balaban J connectivity index is 1.90. The largest absolute Gasteiger partial charge is 0.497 e. The molecule has 2 aliphatic rings. The molecule has 0 atom stereocenters. The van der Waals surface area contributed by atoms with Gasteiger partial charge in [-0.25, -0.2) is 9.78 Å². The molecule has 29 heavy (non-hydrogen) atoms. The SMILES string of the molecule is COc1ccc2cc3cc4c(=O)[nH]c(=O)nc-4n(Cc4ccccc4)c3nc2c1. The molecule has 0 aliphatic carbocycles. The lowest BCUT2D eigenvalue weighted by molar-refractivity contribution is 0.415. The zero-order chi connectivity index (χ0) is 20.0. The van der Waals surface area contributed by atoms with Gasteiger partial charge in [-0.1, -0.05) is 30.3 Å². The van der Waals surface area contributed by atoms with Crippen molar-refractivity contribution in [3.8, 4) is 17.1 Å². The summed E-state index contributed by atoms with van der Waals surface area (Å²) in [4.78, 5) is 35.5. The summed E-state index contributed by atoms with van der Waals surface area (Å²) >= 11 is 0. The maximum Gasteiger partial charge on any atom is 0.349 e. The Kier molecular flexibility index (Phi) is 3.87. The van der Waals surface area contributed by atoms with Gasteiger partial charge in [-0.3, -0.25) is 9.78 Å². The molecule has 1 aromatic heterocycles. The summed E-state index contributed by atoms with van der Waals surface area (Å²) in [6.45, 7) is 0.424. The second-order valence-electron chi connectivity index (χ2n) is 6.78. The molecule has 0 fully saturated rings. The van der Waals surface area contributed by atoms with Gasteiger partial charge in [-0.2, -0.15) is 4.98 Å². The first kappa shape index (κ1) is 17.1. The molecule has 2 aromatic carbocycles. The topological polar surface area (TPSA) is 89.9 Å². The van der Waals surface area contributed by atoms with Crippen molar-refractivity contribution in [3.63, 3.8) is 0 Å². The highest BCUT2D eigenvalue weighted by Crippen LogP contribution is 2.28. The van der Waals surface area contributed by atoms with E-state index < -0.39 is 11.2 Å². The van der Waals surface area contributed by atoms with E-state index in [2.05, 4.69) is 9.97 Å². The Hall–Kier alpha value is -4.00. The van der Waals surface area contributed by atoms with E-state index in [1.54, 1.807) is 13.2 Å². The minimum absolute atomic E-state index is 0.310. The van der Waals surface area contributed by atoms with Crippen LogP contribution in [0.5, 0.6) is 5.75 Å². The van der Waals surface area contributed by atoms with E-state index in [4.69, 9.17) is 9.72 Å². The van der Waals surface area contributed by atoms with Gasteiger partial charge in [-0.05, 0) is 29.8 Å². The highest BCUT2D eigenvalue weighted by molar-refractivity contribution is 5.94. The quantitative estimate of drug-likeness (QED) is 0.483. The van der Waals surface area contributed by atoms with Crippen molar-refractivity contribution in [2.75, 3.05) is 7.11 Å². The number of ether oxygens (including phenoxy) is 1. The maximum atomic E-state index is 12.4. The van der Waals surface area contributed by atoms with Crippen molar-refractivity contribution in [1.82, 2.24) is 19.5 Å². The Labute approximate surface area is 164 Å². The Morgan fingerprint density at radius 2 is 1.79 bits per heavy atom. The van der Waals surface area contributed by atoms with Gasteiger partial charge in [0.15, 0.2) is 5.82 Å². The summed E-state index contributed by atoms with van der Waals surface area (Å²) in [5.74, 6) is 1.01. The number of nitrogens with one attached hydrogen (secondary N) is 1. The predicted molar refractivity (Wildman–Crippen MR) is 111 cm³/mol. The molecule has 0 amide bonds. The molecule has 7 heteroatoms.